The molecule has 2 nitrogen and oxygen atoms in total. The fraction of sp³-hybridized carbons (Fsp3) is 0. The van der Waals surface area contributed by atoms with Crippen LogP contribution in [0.25, 0.3) is 6.08 Å². The third-order valence-electron chi connectivity index (χ3n) is 1.33. The van der Waals surface area contributed by atoms with Gasteiger partial charge in [0.2, 0.25) is 0 Å². The van der Waals surface area contributed by atoms with Crippen molar-refractivity contribution in [3.63, 3.8) is 0 Å². The van der Waals surface area contributed by atoms with Gasteiger partial charge in [0.15, 0.2) is 0 Å². The summed E-state index contributed by atoms with van der Waals surface area (Å²) in [6, 6.07) is 8.49. The molecular formula is C11H10O2. The highest BCUT2D eigenvalue weighted by Gasteiger charge is 1.82. The summed E-state index contributed by atoms with van der Waals surface area (Å²) in [5.74, 6) is -1.33. The molecule has 66 valence electrons. The van der Waals surface area contributed by atoms with E-state index in [4.69, 9.17) is 7.85 Å². The Labute approximate surface area is 79.6 Å². The lowest BCUT2D eigenvalue weighted by Crippen LogP contribution is -1.84. The van der Waals surface area contributed by atoms with Crippen LogP contribution in [-0.2, 0) is 4.79 Å². The highest BCUT2D eigenvalue weighted by atomic mass is 16.4. The lowest BCUT2D eigenvalue weighted by molar-refractivity contribution is -0.131. The van der Waals surface area contributed by atoms with E-state index in [2.05, 4.69) is 0 Å². The average molecular weight is 176 g/mol. The predicted octanol–water partition coefficient (Wildman–Crippen LogP) is 2.34. The van der Waals surface area contributed by atoms with E-state index in [0.29, 0.717) is 0 Å². The third-order valence-corrected chi connectivity index (χ3v) is 1.33. The van der Waals surface area contributed by atoms with Gasteiger partial charge in [0, 0.05) is 6.05 Å². The second-order valence-electron chi connectivity index (χ2n) is 2.32. The Morgan fingerprint density at radius 3 is 2.69 bits per heavy atom. The minimum atomic E-state index is -1.33. The van der Waals surface area contributed by atoms with E-state index in [1.54, 1.807) is 12.1 Å². The third kappa shape index (κ3) is 3.91. The highest BCUT2D eigenvalue weighted by molar-refractivity contribution is 5.80. The van der Waals surface area contributed by atoms with Crippen LogP contribution in [0.2, 0.25) is 0 Å². The Morgan fingerprint density at radius 1 is 1.38 bits per heavy atom. The number of hydrogen-bond donors (Lipinski definition) is 1. The van der Waals surface area contributed by atoms with Crippen LogP contribution in [0.1, 0.15) is 8.30 Å². The maximum absolute atomic E-state index is 10.3. The van der Waals surface area contributed by atoms with Crippen molar-refractivity contribution in [2.45, 2.75) is 0 Å². The van der Waals surface area contributed by atoms with Crippen molar-refractivity contribution in [2.24, 2.45) is 0 Å². The van der Waals surface area contributed by atoms with Crippen LogP contribution in [0.4, 0.5) is 0 Å². The molecule has 0 saturated heterocycles. The molecule has 0 bridgehead atoms. The molecule has 0 saturated carbocycles. The first-order valence-corrected chi connectivity index (χ1v) is 3.74. The van der Waals surface area contributed by atoms with Crippen LogP contribution in [-0.4, -0.2) is 11.1 Å². The Bertz CT molecular complexity index is 408. The molecule has 1 aromatic rings. The predicted molar refractivity (Wildman–Crippen MR) is 52.3 cm³/mol. The average Bonchev–Trinajstić information content (AvgIpc) is 2.18. The van der Waals surface area contributed by atoms with Crippen LogP contribution < -0.4 is 0 Å². The zero-order valence-electron chi connectivity index (χ0n) is 8.90. The molecule has 0 aliphatic rings. The quantitative estimate of drug-likeness (QED) is 0.567. The van der Waals surface area contributed by atoms with Crippen molar-refractivity contribution in [3.05, 3.63) is 54.1 Å². The molecule has 2 heteroatoms. The second kappa shape index (κ2) is 4.93. The Hall–Kier alpha value is -1.83. The molecule has 1 aromatic carbocycles. The van der Waals surface area contributed by atoms with Gasteiger partial charge in [-0.3, -0.25) is 0 Å². The topological polar surface area (TPSA) is 37.3 Å². The number of allylic oxidation sites excluding steroid dienone is 2. The van der Waals surface area contributed by atoms with E-state index < -0.39 is 12.0 Å². The van der Waals surface area contributed by atoms with Crippen molar-refractivity contribution in [1.29, 1.82) is 0 Å². The first-order valence-electron chi connectivity index (χ1n) is 4.74. The van der Waals surface area contributed by atoms with Crippen molar-refractivity contribution in [3.8, 4) is 0 Å². The summed E-state index contributed by atoms with van der Waals surface area (Å²) in [7, 11) is 0. The van der Waals surface area contributed by atoms with Crippen molar-refractivity contribution >= 4 is 12.0 Å². The Balaban J connectivity index is 2.86. The Morgan fingerprint density at radius 2 is 2.08 bits per heavy atom. The number of carboxylic acid groups (broad SMARTS) is 1. The largest absolute Gasteiger partial charge is 0.478 e. The minimum absolute atomic E-state index is 0.00593. The molecule has 0 heterocycles. The molecule has 0 spiro atoms. The molecule has 1 rings (SSSR count). The van der Waals surface area contributed by atoms with E-state index >= 15 is 0 Å². The van der Waals surface area contributed by atoms with Crippen molar-refractivity contribution in [2.75, 3.05) is 0 Å². The van der Waals surface area contributed by atoms with Gasteiger partial charge in [-0.05, 0) is 5.56 Å². The molecule has 0 radical (unpaired) electrons. The number of aliphatic carboxylic acids is 1. The molecule has 0 aliphatic heterocycles. The van der Waals surface area contributed by atoms with Crippen LogP contribution in [0.5, 0.6) is 0 Å². The van der Waals surface area contributed by atoms with Gasteiger partial charge >= 0.3 is 5.97 Å². The van der Waals surface area contributed by atoms with Crippen LogP contribution in [0.15, 0.2) is 48.5 Å². The zero-order chi connectivity index (χ0) is 11.3. The second-order valence-corrected chi connectivity index (χ2v) is 2.32. The van der Waals surface area contributed by atoms with E-state index in [0.717, 1.165) is 11.6 Å². The number of carbonyl (C=O) groups is 1. The molecule has 0 amide bonds. The molecule has 0 atom stereocenters. The van der Waals surface area contributed by atoms with Crippen LogP contribution in [0, 0.1) is 0 Å². The van der Waals surface area contributed by atoms with Gasteiger partial charge in [-0.1, -0.05) is 48.5 Å². The van der Waals surface area contributed by atoms with E-state index in [9.17, 15) is 4.79 Å². The molecule has 0 unspecified atom stereocenters. The smallest absolute Gasteiger partial charge is 0.328 e. The van der Waals surface area contributed by atoms with Crippen LogP contribution >= 0.6 is 0 Å². The molecule has 0 fully saturated rings. The van der Waals surface area contributed by atoms with Gasteiger partial charge in [-0.15, -0.1) is 0 Å². The fourth-order valence-corrected chi connectivity index (χ4v) is 0.791. The van der Waals surface area contributed by atoms with Crippen molar-refractivity contribution < 1.29 is 12.6 Å². The van der Waals surface area contributed by atoms with Gasteiger partial charge in [0.25, 0.3) is 0 Å². The first kappa shape index (κ1) is 6.66. The molecule has 0 aliphatic carbocycles. The first-order chi connectivity index (χ1) is 7.09. The monoisotopic (exact) mass is 176 g/mol. The van der Waals surface area contributed by atoms with Crippen molar-refractivity contribution in [1.82, 2.24) is 0 Å². The molecular weight excluding hydrogens is 164 g/mol. The standard InChI is InChI=1S/C11H10O2/c12-11(13)9-5-4-8-10-6-2-1-3-7-10/h1-9H,(H,12,13)/b8-4+,9-5-/i4D,9D. The van der Waals surface area contributed by atoms with E-state index in [1.807, 2.05) is 18.2 Å². The maximum atomic E-state index is 10.3. The molecule has 13 heavy (non-hydrogen) atoms. The van der Waals surface area contributed by atoms with E-state index in [1.165, 1.54) is 6.08 Å². The van der Waals surface area contributed by atoms with Gasteiger partial charge in [0.05, 0.1) is 2.74 Å². The van der Waals surface area contributed by atoms with Gasteiger partial charge in [0.1, 0.15) is 0 Å². The summed E-state index contributed by atoms with van der Waals surface area (Å²) < 4.78 is 14.5. The normalized spacial score (nSPS) is 14.8. The summed E-state index contributed by atoms with van der Waals surface area (Å²) in [5, 5.41) is 8.43. The van der Waals surface area contributed by atoms with Crippen LogP contribution in [0.3, 0.4) is 0 Å². The number of rotatable bonds is 3. The molecule has 0 aromatic heterocycles. The number of carboxylic acids is 1. The number of hydrogen-bond acceptors (Lipinski definition) is 1. The summed E-state index contributed by atoms with van der Waals surface area (Å²) in [6.45, 7) is 0. The zero-order valence-corrected chi connectivity index (χ0v) is 6.90. The highest BCUT2D eigenvalue weighted by Crippen LogP contribution is 2.00. The summed E-state index contributed by atoms with van der Waals surface area (Å²) in [4.78, 5) is 10.3. The lowest BCUT2D eigenvalue weighted by Gasteiger charge is -1.87. The molecule has 1 N–H and O–H groups in total. The summed E-state index contributed by atoms with van der Waals surface area (Å²) in [5.41, 5.74) is 0.803. The van der Waals surface area contributed by atoms with E-state index in [-0.39, 0.29) is 6.05 Å². The summed E-state index contributed by atoms with van der Waals surface area (Å²) in [6.07, 6.45) is 2.49. The maximum Gasteiger partial charge on any atom is 0.328 e. The minimum Gasteiger partial charge on any atom is -0.478 e. The Kier molecular flexibility index (Phi) is 2.53. The fourth-order valence-electron chi connectivity index (χ4n) is 0.791. The van der Waals surface area contributed by atoms with Gasteiger partial charge in [-0.25, -0.2) is 4.79 Å². The van der Waals surface area contributed by atoms with Gasteiger partial charge in [-0.2, -0.15) is 0 Å². The van der Waals surface area contributed by atoms with Gasteiger partial charge < -0.3 is 5.11 Å². The summed E-state index contributed by atoms with van der Waals surface area (Å²) >= 11 is 0. The number of benzene rings is 1. The SMILES string of the molecule is [2H]/C(=C/C([2H])=C/c1ccccc1)C(=O)O. The lowest BCUT2D eigenvalue weighted by atomic mass is 10.2.